The Hall–Kier alpha value is -2.37. The van der Waals surface area contributed by atoms with Gasteiger partial charge in [-0.05, 0) is 49.2 Å². The number of hydrogen-bond acceptors (Lipinski definition) is 2. The van der Waals surface area contributed by atoms with Gasteiger partial charge in [0, 0.05) is 33.0 Å². The fourth-order valence-electron chi connectivity index (χ4n) is 3.53. The Kier molecular flexibility index (Phi) is 4.37. The van der Waals surface area contributed by atoms with Gasteiger partial charge in [0.25, 0.3) is 0 Å². The standard InChI is InChI=1S/C22H15ClF2N2S/c23-16-10-9-15-21(19(16)25)27(14-4-3-11-26-12-14)20(13-7-8-13)22(15)28-18-6-2-1-5-17(18)24/h1-6,9-13H,7-8H2. The Bertz CT molecular complexity index is 1190. The van der Waals surface area contributed by atoms with Crippen LogP contribution in [-0.4, -0.2) is 9.55 Å². The Labute approximate surface area is 170 Å². The van der Waals surface area contributed by atoms with Gasteiger partial charge >= 0.3 is 0 Å². The van der Waals surface area contributed by atoms with Crippen LogP contribution in [-0.2, 0) is 0 Å². The summed E-state index contributed by atoms with van der Waals surface area (Å²) in [6.45, 7) is 0. The van der Waals surface area contributed by atoms with Gasteiger partial charge in [0.1, 0.15) is 5.82 Å². The molecule has 5 rings (SSSR count). The summed E-state index contributed by atoms with van der Waals surface area (Å²) in [5.74, 6) is -0.448. The molecule has 1 aliphatic rings. The van der Waals surface area contributed by atoms with E-state index in [4.69, 9.17) is 11.6 Å². The first-order chi connectivity index (χ1) is 13.6. The van der Waals surface area contributed by atoms with Gasteiger partial charge < -0.3 is 4.57 Å². The van der Waals surface area contributed by atoms with E-state index < -0.39 is 5.82 Å². The Morgan fingerprint density at radius 3 is 2.57 bits per heavy atom. The molecule has 2 nitrogen and oxygen atoms in total. The number of aromatic nitrogens is 2. The van der Waals surface area contributed by atoms with Gasteiger partial charge in [0.15, 0.2) is 5.82 Å². The van der Waals surface area contributed by atoms with Crippen LogP contribution in [0.3, 0.4) is 0 Å². The van der Waals surface area contributed by atoms with Crippen molar-refractivity contribution in [2.45, 2.75) is 28.6 Å². The van der Waals surface area contributed by atoms with Gasteiger partial charge in [-0.3, -0.25) is 4.98 Å². The minimum absolute atomic E-state index is 0.0694. The van der Waals surface area contributed by atoms with Crippen LogP contribution in [0.4, 0.5) is 8.78 Å². The fraction of sp³-hybridized carbons (Fsp3) is 0.136. The molecule has 2 heterocycles. The molecular formula is C22H15ClF2N2S. The summed E-state index contributed by atoms with van der Waals surface area (Å²) in [6.07, 6.45) is 5.45. The lowest BCUT2D eigenvalue weighted by atomic mass is 10.2. The maximum atomic E-state index is 15.2. The third-order valence-corrected chi connectivity index (χ3v) is 6.40. The number of benzene rings is 2. The van der Waals surface area contributed by atoms with Gasteiger partial charge in [0.2, 0.25) is 0 Å². The average molecular weight is 413 g/mol. The SMILES string of the molecule is Fc1ccccc1Sc1c(C2CC2)n(-c2cccnc2)c2c(F)c(Cl)ccc12. The second-order valence-corrected chi connectivity index (χ2v) is 8.28. The topological polar surface area (TPSA) is 17.8 Å². The number of halogens is 3. The second kappa shape index (κ2) is 6.90. The van der Waals surface area contributed by atoms with E-state index in [0.717, 1.165) is 34.5 Å². The highest BCUT2D eigenvalue weighted by atomic mass is 35.5. The highest BCUT2D eigenvalue weighted by Gasteiger charge is 2.34. The van der Waals surface area contributed by atoms with Crippen molar-refractivity contribution in [3.8, 4) is 5.69 Å². The van der Waals surface area contributed by atoms with Crippen molar-refractivity contribution in [2.75, 3.05) is 0 Å². The molecule has 1 fully saturated rings. The zero-order chi connectivity index (χ0) is 19.3. The normalized spacial score (nSPS) is 14.0. The maximum Gasteiger partial charge on any atom is 0.166 e. The Morgan fingerprint density at radius 1 is 1.04 bits per heavy atom. The minimum atomic E-state index is -0.467. The number of rotatable bonds is 4. The first-order valence-corrected chi connectivity index (χ1v) is 10.2. The summed E-state index contributed by atoms with van der Waals surface area (Å²) in [5.41, 5.74) is 2.19. The third kappa shape index (κ3) is 2.90. The lowest BCUT2D eigenvalue weighted by Gasteiger charge is -2.12. The van der Waals surface area contributed by atoms with Gasteiger partial charge in [-0.15, -0.1) is 0 Å². The van der Waals surface area contributed by atoms with E-state index in [2.05, 4.69) is 4.98 Å². The number of fused-ring (bicyclic) bond motifs is 1. The van der Waals surface area contributed by atoms with E-state index in [-0.39, 0.29) is 10.8 Å². The molecule has 0 aliphatic heterocycles. The van der Waals surface area contributed by atoms with Crippen molar-refractivity contribution in [3.63, 3.8) is 0 Å². The zero-order valence-electron chi connectivity index (χ0n) is 14.7. The molecule has 0 atom stereocenters. The molecular weight excluding hydrogens is 398 g/mol. The molecule has 0 bridgehead atoms. The van der Waals surface area contributed by atoms with Gasteiger partial charge in [-0.1, -0.05) is 35.5 Å². The molecule has 0 amide bonds. The van der Waals surface area contributed by atoms with E-state index in [1.165, 1.54) is 17.8 Å². The van der Waals surface area contributed by atoms with E-state index >= 15 is 4.39 Å². The molecule has 2 aromatic heterocycles. The van der Waals surface area contributed by atoms with Crippen molar-refractivity contribution in [2.24, 2.45) is 0 Å². The van der Waals surface area contributed by atoms with Crippen LogP contribution in [0.2, 0.25) is 5.02 Å². The van der Waals surface area contributed by atoms with Crippen molar-refractivity contribution >= 4 is 34.3 Å². The molecule has 6 heteroatoms. The van der Waals surface area contributed by atoms with Crippen LogP contribution in [0.5, 0.6) is 0 Å². The van der Waals surface area contributed by atoms with Crippen LogP contribution in [0, 0.1) is 11.6 Å². The van der Waals surface area contributed by atoms with Gasteiger partial charge in [-0.2, -0.15) is 0 Å². The van der Waals surface area contributed by atoms with E-state index in [0.29, 0.717) is 16.3 Å². The van der Waals surface area contributed by atoms with Crippen LogP contribution >= 0.6 is 23.4 Å². The van der Waals surface area contributed by atoms with Crippen LogP contribution in [0.1, 0.15) is 24.5 Å². The first kappa shape index (κ1) is 17.7. The first-order valence-electron chi connectivity index (χ1n) is 9.00. The van der Waals surface area contributed by atoms with E-state index in [1.807, 2.05) is 22.8 Å². The summed E-state index contributed by atoms with van der Waals surface area (Å²) in [4.78, 5) is 5.60. The summed E-state index contributed by atoms with van der Waals surface area (Å²) < 4.78 is 31.5. The molecule has 0 saturated heterocycles. The number of nitrogens with zero attached hydrogens (tertiary/aromatic N) is 2. The predicted octanol–water partition coefficient (Wildman–Crippen LogP) is 6.99. The van der Waals surface area contributed by atoms with Crippen molar-refractivity contribution < 1.29 is 8.78 Å². The fourth-order valence-corrected chi connectivity index (χ4v) is 4.85. The molecule has 140 valence electrons. The van der Waals surface area contributed by atoms with E-state index in [1.54, 1.807) is 36.7 Å². The average Bonchev–Trinajstić information content (AvgIpc) is 3.50. The smallest absolute Gasteiger partial charge is 0.166 e. The molecule has 2 aromatic carbocycles. The number of hydrogen-bond donors (Lipinski definition) is 0. The highest BCUT2D eigenvalue weighted by Crippen LogP contribution is 2.51. The van der Waals surface area contributed by atoms with Crippen LogP contribution in [0.25, 0.3) is 16.6 Å². The Balaban J connectivity index is 1.84. The maximum absolute atomic E-state index is 15.2. The van der Waals surface area contributed by atoms with Crippen LogP contribution in [0.15, 0.2) is 70.7 Å². The van der Waals surface area contributed by atoms with E-state index in [9.17, 15) is 4.39 Å². The lowest BCUT2D eigenvalue weighted by Crippen LogP contribution is -2.01. The monoisotopic (exact) mass is 412 g/mol. The molecule has 0 N–H and O–H groups in total. The second-order valence-electron chi connectivity index (χ2n) is 6.83. The predicted molar refractivity (Wildman–Crippen MR) is 109 cm³/mol. The molecule has 0 spiro atoms. The minimum Gasteiger partial charge on any atom is -0.308 e. The molecule has 1 saturated carbocycles. The summed E-state index contributed by atoms with van der Waals surface area (Å²) >= 11 is 7.46. The molecule has 4 aromatic rings. The molecule has 0 radical (unpaired) electrons. The van der Waals surface area contributed by atoms with Gasteiger partial charge in [0.05, 0.1) is 22.4 Å². The highest BCUT2D eigenvalue weighted by molar-refractivity contribution is 7.99. The molecule has 28 heavy (non-hydrogen) atoms. The van der Waals surface area contributed by atoms with Crippen LogP contribution < -0.4 is 0 Å². The zero-order valence-corrected chi connectivity index (χ0v) is 16.3. The third-order valence-electron chi connectivity index (χ3n) is 4.93. The van der Waals surface area contributed by atoms with Crippen molar-refractivity contribution in [3.05, 3.63) is 83.3 Å². The molecule has 1 aliphatic carbocycles. The summed E-state index contributed by atoms with van der Waals surface area (Å²) in [6, 6.07) is 13.8. The lowest BCUT2D eigenvalue weighted by molar-refractivity contribution is 0.602. The van der Waals surface area contributed by atoms with Crippen molar-refractivity contribution in [1.82, 2.24) is 9.55 Å². The summed E-state index contributed by atoms with van der Waals surface area (Å²) in [7, 11) is 0. The summed E-state index contributed by atoms with van der Waals surface area (Å²) in [5, 5.41) is 0.806. The largest absolute Gasteiger partial charge is 0.308 e. The molecule has 0 unspecified atom stereocenters. The Morgan fingerprint density at radius 2 is 1.86 bits per heavy atom. The number of pyridine rings is 1. The quantitative estimate of drug-likeness (QED) is 0.359. The van der Waals surface area contributed by atoms with Crippen molar-refractivity contribution in [1.29, 1.82) is 0 Å². The van der Waals surface area contributed by atoms with Gasteiger partial charge in [-0.25, -0.2) is 8.78 Å².